The van der Waals surface area contributed by atoms with Crippen LogP contribution in [0.25, 0.3) is 0 Å². The Morgan fingerprint density at radius 2 is 1.38 bits per heavy atom. The Morgan fingerprint density at radius 3 is 1.84 bits per heavy atom. The lowest BCUT2D eigenvalue weighted by molar-refractivity contribution is -0.232. The van der Waals surface area contributed by atoms with Crippen LogP contribution in [0.3, 0.4) is 0 Å². The summed E-state index contributed by atoms with van der Waals surface area (Å²) < 4.78 is 31.3. The van der Waals surface area contributed by atoms with Gasteiger partial charge in [-0.1, -0.05) is 41.5 Å². The first-order valence-electron chi connectivity index (χ1n) is 16.2. The second-order valence-corrected chi connectivity index (χ2v) is 20.5. The molecule has 9 atom stereocenters. The fourth-order valence-corrected chi connectivity index (χ4v) is 9.52. The molecule has 45 heavy (non-hydrogen) atoms. The first kappa shape index (κ1) is 37.2. The Kier molecular flexibility index (Phi) is 10.8. The van der Waals surface area contributed by atoms with E-state index in [4.69, 9.17) is 23.4 Å². The van der Waals surface area contributed by atoms with E-state index >= 15 is 0 Å². The molecule has 2 bridgehead atoms. The van der Waals surface area contributed by atoms with Crippen LogP contribution in [0.15, 0.2) is 11.1 Å². The van der Waals surface area contributed by atoms with Gasteiger partial charge in [0.05, 0.1) is 6.10 Å². The maximum Gasteiger partial charge on any atom is 0.303 e. The molecule has 1 N–H and O–H groups in total. The molecule has 0 aromatic carbocycles. The zero-order valence-corrected chi connectivity index (χ0v) is 30.6. The van der Waals surface area contributed by atoms with Crippen molar-refractivity contribution in [3.05, 3.63) is 11.1 Å². The van der Waals surface area contributed by atoms with E-state index in [0.717, 1.165) is 11.1 Å². The van der Waals surface area contributed by atoms with Crippen LogP contribution in [0.1, 0.15) is 95.4 Å². The Hall–Kier alpha value is -2.24. The van der Waals surface area contributed by atoms with Crippen molar-refractivity contribution in [2.45, 2.75) is 144 Å². The van der Waals surface area contributed by atoms with Gasteiger partial charge in [-0.25, -0.2) is 0 Å². The maximum absolute atomic E-state index is 12.9. The van der Waals surface area contributed by atoms with Gasteiger partial charge in [0.15, 0.2) is 20.5 Å². The number of ether oxygens (including phenoxy) is 4. The van der Waals surface area contributed by atoms with E-state index in [1.807, 2.05) is 13.8 Å². The van der Waals surface area contributed by atoms with E-state index in [2.05, 4.69) is 47.7 Å². The first-order valence-corrected chi connectivity index (χ1v) is 19.1. The highest BCUT2D eigenvalue weighted by Crippen LogP contribution is 2.61. The summed E-state index contributed by atoms with van der Waals surface area (Å²) in [5, 5.41) is 11.0. The summed E-state index contributed by atoms with van der Waals surface area (Å²) in [7, 11) is -2.37. The molecule has 3 aliphatic rings. The van der Waals surface area contributed by atoms with Crippen molar-refractivity contribution in [1.29, 1.82) is 0 Å². The highest BCUT2D eigenvalue weighted by atomic mass is 28.4. The third-order valence-corrected chi connectivity index (χ3v) is 15.9. The van der Waals surface area contributed by atoms with E-state index in [1.54, 1.807) is 0 Å². The summed E-state index contributed by atoms with van der Waals surface area (Å²) in [6.07, 6.45) is -2.63. The number of esters is 4. The van der Waals surface area contributed by atoms with E-state index in [9.17, 15) is 24.3 Å². The molecule has 256 valence electrons. The van der Waals surface area contributed by atoms with Crippen LogP contribution < -0.4 is 0 Å². The summed E-state index contributed by atoms with van der Waals surface area (Å²) in [6, 6.07) is 0. The van der Waals surface area contributed by atoms with Crippen LogP contribution in [0.2, 0.25) is 18.1 Å². The van der Waals surface area contributed by atoms with Gasteiger partial charge in [-0.05, 0) is 66.3 Å². The minimum absolute atomic E-state index is 0.0974. The Morgan fingerprint density at radius 1 is 0.844 bits per heavy atom. The zero-order valence-electron chi connectivity index (χ0n) is 29.6. The fourth-order valence-electron chi connectivity index (χ4n) is 8.13. The topological polar surface area (TPSA) is 135 Å². The molecule has 3 aliphatic carbocycles. The van der Waals surface area contributed by atoms with Crippen LogP contribution in [-0.2, 0) is 42.6 Å². The van der Waals surface area contributed by atoms with Gasteiger partial charge in [0.2, 0.25) is 0 Å². The summed E-state index contributed by atoms with van der Waals surface area (Å²) in [6.45, 7) is 23.8. The zero-order chi connectivity index (χ0) is 34.4. The molecule has 0 heterocycles. The van der Waals surface area contributed by atoms with Crippen LogP contribution >= 0.6 is 0 Å². The Labute approximate surface area is 270 Å². The lowest BCUT2D eigenvalue weighted by Gasteiger charge is -2.61. The Balaban J connectivity index is 2.40. The monoisotopic (exact) mass is 652 g/mol. The number of rotatable bonds is 7. The summed E-state index contributed by atoms with van der Waals surface area (Å²) >= 11 is 0. The molecule has 0 radical (unpaired) electrons. The third-order valence-electron chi connectivity index (χ3n) is 11.4. The number of hydrogen-bond donors (Lipinski definition) is 1. The molecule has 2 fully saturated rings. The smallest absolute Gasteiger partial charge is 0.303 e. The predicted molar refractivity (Wildman–Crippen MR) is 170 cm³/mol. The normalized spacial score (nSPS) is 34.9. The van der Waals surface area contributed by atoms with E-state index in [-0.39, 0.29) is 24.0 Å². The van der Waals surface area contributed by atoms with Gasteiger partial charge in [-0.3, -0.25) is 19.2 Å². The minimum atomic E-state index is -2.37. The largest absolute Gasteiger partial charge is 0.462 e. The molecule has 0 amide bonds. The molecule has 0 unspecified atom stereocenters. The molecule has 0 saturated heterocycles. The lowest BCUT2D eigenvalue weighted by atomic mass is 9.48. The molecule has 0 aliphatic heterocycles. The van der Waals surface area contributed by atoms with Crippen LogP contribution in [0, 0.1) is 28.6 Å². The highest BCUT2D eigenvalue weighted by Gasteiger charge is 2.66. The first-order chi connectivity index (χ1) is 20.5. The summed E-state index contributed by atoms with van der Waals surface area (Å²) in [5.74, 6) is -2.99. The van der Waals surface area contributed by atoms with Crippen molar-refractivity contribution < 1.29 is 47.7 Å². The molecule has 0 aromatic heterocycles. The lowest BCUT2D eigenvalue weighted by Crippen LogP contribution is -2.67. The predicted octanol–water partition coefficient (Wildman–Crippen LogP) is 5.50. The van der Waals surface area contributed by atoms with Crippen molar-refractivity contribution >= 4 is 32.2 Å². The number of hydrogen-bond acceptors (Lipinski definition) is 10. The standard InChI is InChI=1S/C34H56O10Si/c1-18-26(40-19(2)36)15-23-14-25-24(17-35)27(44-45(12,13)32(6,7)8)16-28(41-20(3)37)34(25,11)31(43-22(5)39)30(42-21(4)38)29(18)33(23,9)10/h23-28,30-31,35H,14-17H2,1-13H3/t23-,24+,25-,26+,27+,28+,30-,31+,34+/m1/s1. The molecule has 10 nitrogen and oxygen atoms in total. The highest BCUT2D eigenvalue weighted by molar-refractivity contribution is 6.74. The summed E-state index contributed by atoms with van der Waals surface area (Å²) in [5.41, 5.74) is -0.195. The quantitative estimate of drug-likeness (QED) is 0.162. The van der Waals surface area contributed by atoms with Crippen molar-refractivity contribution in [2.75, 3.05) is 6.61 Å². The van der Waals surface area contributed by atoms with Gasteiger partial charge in [0, 0.05) is 52.1 Å². The van der Waals surface area contributed by atoms with E-state index in [0.29, 0.717) is 12.8 Å². The van der Waals surface area contributed by atoms with Gasteiger partial charge in [0.25, 0.3) is 0 Å². The van der Waals surface area contributed by atoms with Gasteiger partial charge < -0.3 is 28.5 Å². The number of fused-ring (bicyclic) bond motifs is 3. The van der Waals surface area contributed by atoms with Crippen molar-refractivity contribution in [3.63, 3.8) is 0 Å². The number of aliphatic hydroxyl groups is 1. The molecule has 2 saturated carbocycles. The Bertz CT molecular complexity index is 1200. The SMILES string of the molecule is CC(=O)O[C@H]1C[C@H]2C[C@@H]3[C@H](CO)[C@@H](O[Si](C)(C)C(C)(C)C)C[C@H](OC(C)=O)[C@@]3(C)[C@@H](OC(C)=O)[C@H](OC(C)=O)C(=C1C)C2(C)C. The molecule has 3 rings (SSSR count). The van der Waals surface area contributed by atoms with Gasteiger partial charge in [-0.2, -0.15) is 0 Å². The van der Waals surface area contributed by atoms with Crippen LogP contribution in [0.4, 0.5) is 0 Å². The maximum atomic E-state index is 12.9. The second kappa shape index (κ2) is 13.1. The van der Waals surface area contributed by atoms with Gasteiger partial charge in [0.1, 0.15) is 12.2 Å². The number of carbonyl (C=O) groups excluding carboxylic acids is 4. The van der Waals surface area contributed by atoms with Crippen LogP contribution in [0.5, 0.6) is 0 Å². The third kappa shape index (κ3) is 7.20. The number of aliphatic hydroxyl groups excluding tert-OH is 1. The molecule has 0 aromatic rings. The van der Waals surface area contributed by atoms with E-state index < -0.39 is 85.4 Å². The molecular weight excluding hydrogens is 596 g/mol. The van der Waals surface area contributed by atoms with Crippen molar-refractivity contribution in [1.82, 2.24) is 0 Å². The molecule has 0 spiro atoms. The average molecular weight is 653 g/mol. The van der Waals surface area contributed by atoms with Crippen molar-refractivity contribution in [3.8, 4) is 0 Å². The molecule has 11 heteroatoms. The minimum Gasteiger partial charge on any atom is -0.462 e. The van der Waals surface area contributed by atoms with Gasteiger partial charge >= 0.3 is 23.9 Å². The van der Waals surface area contributed by atoms with Gasteiger partial charge in [-0.15, -0.1) is 0 Å². The molecular formula is C34H56O10Si. The second-order valence-electron chi connectivity index (χ2n) is 15.7. The van der Waals surface area contributed by atoms with Crippen LogP contribution in [-0.4, -0.2) is 74.4 Å². The average Bonchev–Trinajstić information content (AvgIpc) is 2.85. The summed E-state index contributed by atoms with van der Waals surface area (Å²) in [4.78, 5) is 50.7. The van der Waals surface area contributed by atoms with Crippen molar-refractivity contribution in [2.24, 2.45) is 28.6 Å². The van der Waals surface area contributed by atoms with E-state index in [1.165, 1.54) is 27.7 Å². The number of carbonyl (C=O) groups is 4. The fraction of sp³-hybridized carbons (Fsp3) is 0.824.